The average Bonchev–Trinajstić information content (AvgIpc) is 3.03. The largest absolute Gasteiger partial charge is 0.340 e. The van der Waals surface area contributed by atoms with E-state index in [-0.39, 0.29) is 11.2 Å². The molecule has 1 atom stereocenters. The van der Waals surface area contributed by atoms with E-state index in [0.29, 0.717) is 17.5 Å². The molecule has 1 aromatic heterocycles. The molecule has 0 aliphatic heterocycles. The van der Waals surface area contributed by atoms with Crippen molar-refractivity contribution in [2.24, 2.45) is 0 Å². The Bertz CT molecular complexity index is 908. The molecule has 140 valence electrons. The first kappa shape index (κ1) is 19.0. The van der Waals surface area contributed by atoms with Crippen LogP contribution in [0.4, 0.5) is 0 Å². The number of nitrogens with zero attached hydrogens (tertiary/aromatic N) is 4. The van der Waals surface area contributed by atoms with Gasteiger partial charge in [-0.15, -0.1) is 10.2 Å². The summed E-state index contributed by atoms with van der Waals surface area (Å²) in [5.41, 5.74) is 3.15. The summed E-state index contributed by atoms with van der Waals surface area (Å²) in [6, 6.07) is 17.8. The van der Waals surface area contributed by atoms with Crippen molar-refractivity contribution in [2.75, 3.05) is 12.9 Å². The van der Waals surface area contributed by atoms with Crippen molar-refractivity contribution in [1.29, 1.82) is 0 Å². The van der Waals surface area contributed by atoms with Gasteiger partial charge in [-0.05, 0) is 19.4 Å². The maximum absolute atomic E-state index is 12.7. The van der Waals surface area contributed by atoms with Crippen molar-refractivity contribution in [2.45, 2.75) is 30.8 Å². The van der Waals surface area contributed by atoms with Crippen molar-refractivity contribution in [3.05, 3.63) is 65.7 Å². The van der Waals surface area contributed by atoms with Gasteiger partial charge in [0.15, 0.2) is 5.82 Å². The molecule has 1 heterocycles. The SMILES string of the molecule is Cc1ccc(-c2nnc(S[C@H](C)C(=O)N(C)Cc3ccccc3)n2N)cc1. The van der Waals surface area contributed by atoms with Gasteiger partial charge in [-0.1, -0.05) is 71.9 Å². The van der Waals surface area contributed by atoms with Gasteiger partial charge in [0.25, 0.3) is 0 Å². The van der Waals surface area contributed by atoms with Crippen LogP contribution in [-0.2, 0) is 11.3 Å². The number of nitrogen functional groups attached to an aromatic ring is 1. The topological polar surface area (TPSA) is 77.0 Å². The van der Waals surface area contributed by atoms with Crippen molar-refractivity contribution < 1.29 is 4.79 Å². The highest BCUT2D eigenvalue weighted by atomic mass is 32.2. The number of aryl methyl sites for hydroxylation is 1. The number of nitrogens with two attached hydrogens (primary N) is 1. The van der Waals surface area contributed by atoms with E-state index in [9.17, 15) is 4.79 Å². The molecule has 3 aromatic rings. The minimum Gasteiger partial charge on any atom is -0.340 e. The Hall–Kier alpha value is -2.80. The molecule has 0 unspecified atom stereocenters. The summed E-state index contributed by atoms with van der Waals surface area (Å²) in [5, 5.41) is 8.53. The first-order valence-electron chi connectivity index (χ1n) is 8.69. The summed E-state index contributed by atoms with van der Waals surface area (Å²) in [6.45, 7) is 4.45. The minimum atomic E-state index is -0.323. The van der Waals surface area contributed by atoms with E-state index in [1.165, 1.54) is 16.4 Å². The normalized spacial score (nSPS) is 12.0. The molecular weight excluding hydrogens is 358 g/mol. The monoisotopic (exact) mass is 381 g/mol. The zero-order valence-electron chi connectivity index (χ0n) is 15.7. The lowest BCUT2D eigenvalue weighted by Crippen LogP contribution is -2.33. The third-order valence-corrected chi connectivity index (χ3v) is 5.29. The number of carbonyl (C=O) groups is 1. The van der Waals surface area contributed by atoms with E-state index in [2.05, 4.69) is 10.2 Å². The second-order valence-corrected chi connectivity index (χ2v) is 7.79. The molecular formula is C20H23N5OS. The summed E-state index contributed by atoms with van der Waals surface area (Å²) in [5.74, 6) is 6.76. The van der Waals surface area contributed by atoms with Crippen LogP contribution in [0, 0.1) is 6.92 Å². The smallest absolute Gasteiger partial charge is 0.235 e. The van der Waals surface area contributed by atoms with E-state index >= 15 is 0 Å². The third-order valence-electron chi connectivity index (χ3n) is 4.24. The van der Waals surface area contributed by atoms with E-state index in [1.54, 1.807) is 11.9 Å². The van der Waals surface area contributed by atoms with Crippen molar-refractivity contribution >= 4 is 17.7 Å². The van der Waals surface area contributed by atoms with Crippen molar-refractivity contribution in [3.8, 4) is 11.4 Å². The number of thioether (sulfide) groups is 1. The molecule has 0 aliphatic rings. The molecule has 2 N–H and O–H groups in total. The molecule has 0 saturated carbocycles. The summed E-state index contributed by atoms with van der Waals surface area (Å²) >= 11 is 1.31. The molecule has 0 fully saturated rings. The number of aromatic nitrogens is 3. The van der Waals surface area contributed by atoms with Gasteiger partial charge >= 0.3 is 0 Å². The van der Waals surface area contributed by atoms with Crippen LogP contribution < -0.4 is 5.84 Å². The fraction of sp³-hybridized carbons (Fsp3) is 0.250. The van der Waals surface area contributed by atoms with Gasteiger partial charge in [0.2, 0.25) is 11.1 Å². The second kappa shape index (κ2) is 8.26. The third kappa shape index (κ3) is 4.49. The van der Waals surface area contributed by atoms with E-state index in [0.717, 1.165) is 16.7 Å². The van der Waals surface area contributed by atoms with Crippen LogP contribution in [0.3, 0.4) is 0 Å². The van der Waals surface area contributed by atoms with Gasteiger partial charge in [0.1, 0.15) is 0 Å². The average molecular weight is 382 g/mol. The molecule has 1 amide bonds. The quantitative estimate of drug-likeness (QED) is 0.524. The number of benzene rings is 2. The van der Waals surface area contributed by atoms with Gasteiger partial charge < -0.3 is 10.7 Å². The highest BCUT2D eigenvalue weighted by molar-refractivity contribution is 8.00. The van der Waals surface area contributed by atoms with Gasteiger partial charge in [-0.3, -0.25) is 4.79 Å². The zero-order valence-corrected chi connectivity index (χ0v) is 16.5. The molecule has 27 heavy (non-hydrogen) atoms. The molecule has 3 rings (SSSR count). The standard InChI is InChI=1S/C20H23N5OS/c1-14-9-11-17(12-10-14)18-22-23-20(25(18)21)27-15(2)19(26)24(3)13-16-7-5-4-6-8-16/h4-12,15H,13,21H2,1-3H3/t15-/m1/s1. The molecule has 0 radical (unpaired) electrons. The Morgan fingerprint density at radius 2 is 1.81 bits per heavy atom. The predicted molar refractivity (Wildman–Crippen MR) is 109 cm³/mol. The Kier molecular flexibility index (Phi) is 5.81. The number of hydrogen-bond donors (Lipinski definition) is 1. The molecule has 0 bridgehead atoms. The van der Waals surface area contributed by atoms with Crippen LogP contribution in [0.25, 0.3) is 11.4 Å². The highest BCUT2D eigenvalue weighted by Gasteiger charge is 2.22. The minimum absolute atomic E-state index is 0.0174. The number of amides is 1. The maximum Gasteiger partial charge on any atom is 0.235 e. The van der Waals surface area contributed by atoms with Crippen LogP contribution in [0.1, 0.15) is 18.1 Å². The van der Waals surface area contributed by atoms with Crippen LogP contribution >= 0.6 is 11.8 Å². The summed E-state index contributed by atoms with van der Waals surface area (Å²) < 4.78 is 1.44. The van der Waals surface area contributed by atoms with Crippen LogP contribution in [0.5, 0.6) is 0 Å². The summed E-state index contributed by atoms with van der Waals surface area (Å²) in [6.07, 6.45) is 0. The lowest BCUT2D eigenvalue weighted by molar-refractivity contribution is -0.129. The lowest BCUT2D eigenvalue weighted by Gasteiger charge is -2.21. The predicted octanol–water partition coefficient (Wildman–Crippen LogP) is 3.11. The van der Waals surface area contributed by atoms with Crippen molar-refractivity contribution in [3.63, 3.8) is 0 Å². The van der Waals surface area contributed by atoms with Crippen LogP contribution in [0.2, 0.25) is 0 Å². The molecule has 0 spiro atoms. The fourth-order valence-electron chi connectivity index (χ4n) is 2.71. The van der Waals surface area contributed by atoms with Crippen molar-refractivity contribution in [1.82, 2.24) is 19.8 Å². The van der Waals surface area contributed by atoms with Gasteiger partial charge in [0.05, 0.1) is 5.25 Å². The van der Waals surface area contributed by atoms with Gasteiger partial charge in [-0.2, -0.15) is 0 Å². The number of carbonyl (C=O) groups excluding carboxylic acids is 1. The number of rotatable bonds is 6. The molecule has 0 saturated heterocycles. The van der Waals surface area contributed by atoms with E-state index < -0.39 is 0 Å². The highest BCUT2D eigenvalue weighted by Crippen LogP contribution is 2.26. The lowest BCUT2D eigenvalue weighted by atomic mass is 10.1. The molecule has 7 heteroatoms. The molecule has 0 aliphatic carbocycles. The van der Waals surface area contributed by atoms with Crippen LogP contribution in [0.15, 0.2) is 59.8 Å². The second-order valence-electron chi connectivity index (χ2n) is 6.48. The Labute approximate surface area is 163 Å². The van der Waals surface area contributed by atoms with Gasteiger partial charge in [0, 0.05) is 19.2 Å². The Morgan fingerprint density at radius 3 is 2.48 bits per heavy atom. The Morgan fingerprint density at radius 1 is 1.15 bits per heavy atom. The first-order chi connectivity index (χ1) is 13.0. The summed E-state index contributed by atoms with van der Waals surface area (Å²) in [7, 11) is 1.80. The van der Waals surface area contributed by atoms with Crippen LogP contribution in [-0.4, -0.2) is 38.0 Å². The fourth-order valence-corrected chi connectivity index (χ4v) is 3.60. The first-order valence-corrected chi connectivity index (χ1v) is 9.56. The van der Waals surface area contributed by atoms with Gasteiger partial charge in [-0.25, -0.2) is 4.68 Å². The van der Waals surface area contributed by atoms with E-state index in [1.807, 2.05) is 68.4 Å². The molecule has 2 aromatic carbocycles. The molecule has 6 nitrogen and oxygen atoms in total. The van der Waals surface area contributed by atoms with E-state index in [4.69, 9.17) is 5.84 Å². The Balaban J connectivity index is 1.67. The number of hydrogen-bond acceptors (Lipinski definition) is 5. The summed E-state index contributed by atoms with van der Waals surface area (Å²) in [4.78, 5) is 14.4. The zero-order chi connectivity index (χ0) is 19.4. The maximum atomic E-state index is 12.7.